The molecule has 2 aromatic rings. The van der Waals surface area contributed by atoms with Crippen LogP contribution in [0.4, 0.5) is 13.2 Å². The zero-order chi connectivity index (χ0) is 20.8. The lowest BCUT2D eigenvalue weighted by molar-refractivity contribution is -0.153. The number of alkyl halides is 3. The summed E-state index contributed by atoms with van der Waals surface area (Å²) in [5.41, 5.74) is 1.96. The molecule has 0 atom stereocenters. The Hall–Kier alpha value is -2.70. The Kier molecular flexibility index (Phi) is 6.94. The first-order chi connectivity index (χ1) is 13.1. The molecule has 0 aliphatic rings. The van der Waals surface area contributed by atoms with Crippen molar-refractivity contribution in [3.63, 3.8) is 0 Å². The predicted molar refractivity (Wildman–Crippen MR) is 101 cm³/mol. The van der Waals surface area contributed by atoms with E-state index >= 15 is 0 Å². The van der Waals surface area contributed by atoms with Gasteiger partial charge in [-0.3, -0.25) is 4.79 Å². The molecule has 2 rings (SSSR count). The second-order valence-corrected chi connectivity index (χ2v) is 7.17. The number of halogens is 3. The number of aryl methyl sites for hydroxylation is 1. The van der Waals surface area contributed by atoms with E-state index in [4.69, 9.17) is 9.47 Å². The standard InChI is InChI=1S/C21H24F3NO3/c1-15-8-10-16(11-9-15)20(2,3)13-25-19(26)12-27-17-6-4-5-7-18(17)28-14-21(22,23)24/h4-11H,12-14H2,1-3H3,(H,25,26). The van der Waals surface area contributed by atoms with Gasteiger partial charge in [-0.05, 0) is 24.6 Å². The molecule has 0 spiro atoms. The summed E-state index contributed by atoms with van der Waals surface area (Å²) >= 11 is 0. The van der Waals surface area contributed by atoms with Gasteiger partial charge in [0.15, 0.2) is 24.7 Å². The van der Waals surface area contributed by atoms with Gasteiger partial charge in [0.1, 0.15) is 0 Å². The third-order valence-corrected chi connectivity index (χ3v) is 4.16. The molecule has 28 heavy (non-hydrogen) atoms. The summed E-state index contributed by atoms with van der Waals surface area (Å²) in [6, 6.07) is 14.0. The van der Waals surface area contributed by atoms with Crippen molar-refractivity contribution in [3.8, 4) is 11.5 Å². The minimum Gasteiger partial charge on any atom is -0.480 e. The highest BCUT2D eigenvalue weighted by atomic mass is 19.4. The first kappa shape index (κ1) is 21.6. The summed E-state index contributed by atoms with van der Waals surface area (Å²) < 4.78 is 47.1. The number of hydrogen-bond donors (Lipinski definition) is 1. The minimum atomic E-state index is -4.45. The van der Waals surface area contributed by atoms with Crippen LogP contribution in [0.5, 0.6) is 11.5 Å². The van der Waals surface area contributed by atoms with E-state index < -0.39 is 12.8 Å². The summed E-state index contributed by atoms with van der Waals surface area (Å²) in [6.07, 6.45) is -4.45. The molecule has 0 aliphatic heterocycles. The molecule has 152 valence electrons. The highest BCUT2D eigenvalue weighted by molar-refractivity contribution is 5.77. The maximum absolute atomic E-state index is 12.3. The molecule has 2 aromatic carbocycles. The van der Waals surface area contributed by atoms with Gasteiger partial charge in [0.2, 0.25) is 0 Å². The topological polar surface area (TPSA) is 47.6 Å². The first-order valence-corrected chi connectivity index (χ1v) is 8.82. The fraction of sp³-hybridized carbons (Fsp3) is 0.381. The van der Waals surface area contributed by atoms with Crippen molar-refractivity contribution >= 4 is 5.91 Å². The van der Waals surface area contributed by atoms with Crippen LogP contribution in [-0.2, 0) is 10.2 Å². The average Bonchev–Trinajstić information content (AvgIpc) is 2.63. The Labute approximate surface area is 162 Å². The van der Waals surface area contributed by atoms with Crippen LogP contribution in [0.15, 0.2) is 48.5 Å². The van der Waals surface area contributed by atoms with E-state index in [1.807, 2.05) is 45.0 Å². The Bertz CT molecular complexity index is 786. The van der Waals surface area contributed by atoms with Crippen LogP contribution in [0.1, 0.15) is 25.0 Å². The van der Waals surface area contributed by atoms with Crippen LogP contribution in [0.2, 0.25) is 0 Å². The summed E-state index contributed by atoms with van der Waals surface area (Å²) in [4.78, 5) is 12.1. The molecule has 0 radical (unpaired) electrons. The van der Waals surface area contributed by atoms with Gasteiger partial charge >= 0.3 is 6.18 Å². The van der Waals surface area contributed by atoms with E-state index in [-0.39, 0.29) is 29.4 Å². The number of carbonyl (C=O) groups excluding carboxylic acids is 1. The summed E-state index contributed by atoms with van der Waals surface area (Å²) in [5, 5.41) is 2.80. The van der Waals surface area contributed by atoms with Crippen molar-refractivity contribution in [1.82, 2.24) is 5.32 Å². The van der Waals surface area contributed by atoms with Gasteiger partial charge in [-0.15, -0.1) is 0 Å². The molecular formula is C21H24F3NO3. The molecule has 0 unspecified atom stereocenters. The number of rotatable bonds is 8. The quantitative estimate of drug-likeness (QED) is 0.720. The number of ether oxygens (including phenoxy) is 2. The van der Waals surface area contributed by atoms with Gasteiger partial charge in [0, 0.05) is 12.0 Å². The van der Waals surface area contributed by atoms with E-state index in [1.54, 1.807) is 6.07 Å². The van der Waals surface area contributed by atoms with Gasteiger partial charge in [-0.25, -0.2) is 0 Å². The molecule has 0 saturated heterocycles. The molecule has 0 aromatic heterocycles. The fourth-order valence-electron chi connectivity index (χ4n) is 2.47. The number of para-hydroxylation sites is 2. The zero-order valence-electron chi connectivity index (χ0n) is 16.1. The first-order valence-electron chi connectivity index (χ1n) is 8.82. The van der Waals surface area contributed by atoms with Gasteiger partial charge in [-0.2, -0.15) is 13.2 Å². The molecule has 0 heterocycles. The van der Waals surface area contributed by atoms with Crippen molar-refractivity contribution < 1.29 is 27.4 Å². The summed E-state index contributed by atoms with van der Waals surface area (Å²) in [6.45, 7) is 4.68. The predicted octanol–water partition coefficient (Wildman–Crippen LogP) is 4.41. The third-order valence-electron chi connectivity index (χ3n) is 4.16. The van der Waals surface area contributed by atoms with E-state index in [9.17, 15) is 18.0 Å². The normalized spacial score (nSPS) is 11.8. The SMILES string of the molecule is Cc1ccc(C(C)(C)CNC(=O)COc2ccccc2OCC(F)(F)F)cc1. The smallest absolute Gasteiger partial charge is 0.422 e. The largest absolute Gasteiger partial charge is 0.480 e. The van der Waals surface area contributed by atoms with Gasteiger partial charge in [0.25, 0.3) is 5.91 Å². The highest BCUT2D eigenvalue weighted by Crippen LogP contribution is 2.28. The van der Waals surface area contributed by atoms with Crippen molar-refractivity contribution in [3.05, 3.63) is 59.7 Å². The van der Waals surface area contributed by atoms with Crippen molar-refractivity contribution in [2.24, 2.45) is 0 Å². The molecule has 0 saturated carbocycles. The van der Waals surface area contributed by atoms with Crippen LogP contribution in [0.25, 0.3) is 0 Å². The van der Waals surface area contributed by atoms with Crippen LogP contribution >= 0.6 is 0 Å². The number of benzene rings is 2. The average molecular weight is 395 g/mol. The zero-order valence-corrected chi connectivity index (χ0v) is 16.1. The summed E-state index contributed by atoms with van der Waals surface area (Å²) in [7, 11) is 0. The lowest BCUT2D eigenvalue weighted by atomic mass is 9.84. The van der Waals surface area contributed by atoms with Gasteiger partial charge in [-0.1, -0.05) is 55.8 Å². The van der Waals surface area contributed by atoms with Crippen molar-refractivity contribution in [1.29, 1.82) is 0 Å². The number of hydrogen-bond acceptors (Lipinski definition) is 3. The number of amides is 1. The molecule has 0 bridgehead atoms. The van der Waals surface area contributed by atoms with Crippen LogP contribution in [-0.4, -0.2) is 31.8 Å². The van der Waals surface area contributed by atoms with Gasteiger partial charge < -0.3 is 14.8 Å². The van der Waals surface area contributed by atoms with E-state index in [0.29, 0.717) is 6.54 Å². The maximum Gasteiger partial charge on any atom is 0.422 e. The Morgan fingerprint density at radius 3 is 2.11 bits per heavy atom. The highest BCUT2D eigenvalue weighted by Gasteiger charge is 2.29. The van der Waals surface area contributed by atoms with Gasteiger partial charge in [0.05, 0.1) is 0 Å². The monoisotopic (exact) mass is 395 g/mol. The molecule has 1 N–H and O–H groups in total. The molecule has 1 amide bonds. The van der Waals surface area contributed by atoms with Crippen LogP contribution < -0.4 is 14.8 Å². The molecule has 0 fully saturated rings. The third kappa shape index (κ3) is 6.79. The molecule has 7 heteroatoms. The Balaban J connectivity index is 1.88. The molecular weight excluding hydrogens is 371 g/mol. The number of nitrogens with one attached hydrogen (secondary N) is 1. The molecule has 4 nitrogen and oxygen atoms in total. The Morgan fingerprint density at radius 1 is 0.964 bits per heavy atom. The second kappa shape index (κ2) is 8.99. The van der Waals surface area contributed by atoms with Crippen LogP contribution in [0, 0.1) is 6.92 Å². The van der Waals surface area contributed by atoms with E-state index in [0.717, 1.165) is 11.1 Å². The van der Waals surface area contributed by atoms with Crippen molar-refractivity contribution in [2.75, 3.05) is 19.8 Å². The Morgan fingerprint density at radius 2 is 1.54 bits per heavy atom. The second-order valence-electron chi connectivity index (χ2n) is 7.17. The van der Waals surface area contributed by atoms with Crippen LogP contribution in [0.3, 0.4) is 0 Å². The van der Waals surface area contributed by atoms with Crippen molar-refractivity contribution in [2.45, 2.75) is 32.4 Å². The molecule has 0 aliphatic carbocycles. The lowest BCUT2D eigenvalue weighted by Crippen LogP contribution is -2.39. The fourth-order valence-corrected chi connectivity index (χ4v) is 2.47. The van der Waals surface area contributed by atoms with E-state index in [1.165, 1.54) is 18.2 Å². The summed E-state index contributed by atoms with van der Waals surface area (Å²) in [5.74, 6) is -0.349. The maximum atomic E-state index is 12.3. The number of carbonyl (C=O) groups is 1. The van der Waals surface area contributed by atoms with E-state index in [2.05, 4.69) is 5.32 Å². The lowest BCUT2D eigenvalue weighted by Gasteiger charge is -2.26. The minimum absolute atomic E-state index is 0.0624.